The number of sulfonamides is 1. The maximum absolute atomic E-state index is 12.5. The second kappa shape index (κ2) is 14.1. The summed E-state index contributed by atoms with van der Waals surface area (Å²) in [5, 5.41) is 3.38. The number of nitrogens with one attached hydrogen (secondary N) is 1. The third-order valence-corrected chi connectivity index (χ3v) is 7.21. The lowest BCUT2D eigenvalue weighted by atomic mass is 10.2. The number of hydrogen-bond acceptors (Lipinski definition) is 5. The molecule has 1 atom stereocenters. The molecule has 0 aromatic rings. The quantitative estimate of drug-likeness (QED) is 0.250. The maximum atomic E-state index is 12.5. The number of likely N-dealkylation sites (tertiary alicyclic amines) is 1. The van der Waals surface area contributed by atoms with Gasteiger partial charge in [0.2, 0.25) is 10.0 Å². The van der Waals surface area contributed by atoms with Crippen LogP contribution in [0.1, 0.15) is 40.5 Å². The van der Waals surface area contributed by atoms with Gasteiger partial charge in [0.25, 0.3) is 0 Å². The number of nitrogens with zero attached hydrogens (tertiary/aromatic N) is 4. The van der Waals surface area contributed by atoms with Crippen LogP contribution in [0.15, 0.2) is 4.99 Å². The average Bonchev–Trinajstić information content (AvgIpc) is 3.17. The van der Waals surface area contributed by atoms with E-state index >= 15 is 0 Å². The van der Waals surface area contributed by atoms with Crippen molar-refractivity contribution in [2.24, 2.45) is 10.9 Å². The molecule has 0 spiro atoms. The Bertz CT molecular complexity index is 604. The van der Waals surface area contributed by atoms with Crippen molar-refractivity contribution >= 4 is 40.0 Å². The van der Waals surface area contributed by atoms with Crippen molar-refractivity contribution < 1.29 is 13.2 Å². The Kier molecular flexibility index (Phi) is 13.1. The Hall–Kier alpha value is -0.170. The number of rotatable bonds is 10. The molecule has 2 aliphatic rings. The largest absolute Gasteiger partial charge is 0.378 e. The first-order valence-corrected chi connectivity index (χ1v) is 12.8. The third kappa shape index (κ3) is 9.54. The van der Waals surface area contributed by atoms with E-state index in [9.17, 15) is 8.42 Å². The van der Waals surface area contributed by atoms with Crippen molar-refractivity contribution in [1.29, 1.82) is 0 Å². The van der Waals surface area contributed by atoms with Crippen molar-refractivity contribution in [1.82, 2.24) is 19.4 Å². The van der Waals surface area contributed by atoms with Gasteiger partial charge in [-0.3, -0.25) is 4.99 Å². The average molecular weight is 560 g/mol. The first kappa shape index (κ1) is 27.9. The summed E-state index contributed by atoms with van der Waals surface area (Å²) in [6, 6.07) is 0. The lowest BCUT2D eigenvalue weighted by Crippen LogP contribution is -2.54. The van der Waals surface area contributed by atoms with E-state index in [0.717, 1.165) is 25.6 Å². The summed E-state index contributed by atoms with van der Waals surface area (Å²) < 4.78 is 32.1. The van der Waals surface area contributed by atoms with Crippen LogP contribution in [-0.4, -0.2) is 106 Å². The second-order valence-electron chi connectivity index (χ2n) is 8.43. The topological polar surface area (TPSA) is 77.5 Å². The molecule has 2 saturated heterocycles. The number of guanidine groups is 1. The predicted octanol–water partition coefficient (Wildman–Crippen LogP) is 1.67. The summed E-state index contributed by atoms with van der Waals surface area (Å²) in [6.07, 6.45) is 2.68. The minimum Gasteiger partial charge on any atom is -0.378 e. The van der Waals surface area contributed by atoms with E-state index in [0.29, 0.717) is 32.1 Å². The van der Waals surface area contributed by atoms with E-state index in [2.05, 4.69) is 29.0 Å². The summed E-state index contributed by atoms with van der Waals surface area (Å²) in [4.78, 5) is 9.56. The smallest absolute Gasteiger partial charge is 0.216 e. The molecule has 1 N–H and O–H groups in total. The highest BCUT2D eigenvalue weighted by Crippen LogP contribution is 2.12. The molecule has 0 radical (unpaired) electrons. The van der Waals surface area contributed by atoms with Crippen LogP contribution in [0.25, 0.3) is 0 Å². The summed E-state index contributed by atoms with van der Waals surface area (Å²) in [5.74, 6) is 1.47. The zero-order chi connectivity index (χ0) is 21.3. The monoisotopic (exact) mass is 559 g/mol. The molecule has 1 unspecified atom stereocenters. The highest BCUT2D eigenvalue weighted by molar-refractivity contribution is 14.0. The fraction of sp³-hybridized carbons (Fsp3) is 0.950. The number of hydrogen-bond donors (Lipinski definition) is 1. The van der Waals surface area contributed by atoms with E-state index in [1.54, 1.807) is 4.31 Å². The Morgan fingerprint density at radius 3 is 2.27 bits per heavy atom. The molecule has 2 fully saturated rings. The first-order valence-electron chi connectivity index (χ1n) is 11.2. The Balaban J connectivity index is 0.00000450. The molecular weight excluding hydrogens is 517 g/mol. The molecule has 8 nitrogen and oxygen atoms in total. The van der Waals surface area contributed by atoms with Crippen molar-refractivity contribution in [3.8, 4) is 0 Å². The lowest BCUT2D eigenvalue weighted by molar-refractivity contribution is 0.0904. The van der Waals surface area contributed by atoms with Crippen molar-refractivity contribution in [3.63, 3.8) is 0 Å². The van der Waals surface area contributed by atoms with Gasteiger partial charge in [-0.25, -0.2) is 8.42 Å². The van der Waals surface area contributed by atoms with Gasteiger partial charge in [-0.2, -0.15) is 4.31 Å². The molecule has 178 valence electrons. The minimum absolute atomic E-state index is 0. The van der Waals surface area contributed by atoms with Gasteiger partial charge in [0, 0.05) is 45.8 Å². The van der Waals surface area contributed by atoms with Gasteiger partial charge < -0.3 is 19.9 Å². The van der Waals surface area contributed by atoms with E-state index < -0.39 is 10.0 Å². The van der Waals surface area contributed by atoms with Gasteiger partial charge in [0.1, 0.15) is 0 Å². The van der Waals surface area contributed by atoms with E-state index in [1.165, 1.54) is 25.9 Å². The lowest BCUT2D eigenvalue weighted by Gasteiger charge is -2.36. The fourth-order valence-electron chi connectivity index (χ4n) is 3.83. The van der Waals surface area contributed by atoms with Gasteiger partial charge in [-0.1, -0.05) is 6.92 Å². The molecule has 0 aromatic heterocycles. The zero-order valence-corrected chi connectivity index (χ0v) is 22.3. The molecule has 0 amide bonds. The van der Waals surface area contributed by atoms with Crippen LogP contribution in [0.3, 0.4) is 0 Å². The normalized spacial score (nSPS) is 20.4. The van der Waals surface area contributed by atoms with Crippen LogP contribution in [0.5, 0.6) is 0 Å². The fourth-order valence-corrected chi connectivity index (χ4v) is 5.11. The summed E-state index contributed by atoms with van der Waals surface area (Å²) in [6.45, 7) is 15.9. The van der Waals surface area contributed by atoms with Crippen molar-refractivity contribution in [3.05, 3.63) is 0 Å². The van der Waals surface area contributed by atoms with E-state index in [-0.39, 0.29) is 42.4 Å². The minimum atomic E-state index is -3.26. The zero-order valence-electron chi connectivity index (χ0n) is 19.2. The second-order valence-corrected chi connectivity index (χ2v) is 10.5. The van der Waals surface area contributed by atoms with Gasteiger partial charge >= 0.3 is 0 Å². The summed E-state index contributed by atoms with van der Waals surface area (Å²) >= 11 is 0. The number of piperazine rings is 1. The van der Waals surface area contributed by atoms with Gasteiger partial charge in [-0.15, -0.1) is 24.0 Å². The van der Waals surface area contributed by atoms with Gasteiger partial charge in [0.15, 0.2) is 5.96 Å². The molecule has 30 heavy (non-hydrogen) atoms. The Morgan fingerprint density at radius 1 is 1.07 bits per heavy atom. The van der Waals surface area contributed by atoms with Crippen LogP contribution >= 0.6 is 24.0 Å². The van der Waals surface area contributed by atoms with E-state index in [1.807, 2.05) is 13.8 Å². The van der Waals surface area contributed by atoms with Crippen LogP contribution in [-0.2, 0) is 14.8 Å². The van der Waals surface area contributed by atoms with Crippen LogP contribution in [0, 0.1) is 5.92 Å². The van der Waals surface area contributed by atoms with Gasteiger partial charge in [0.05, 0.1) is 18.5 Å². The molecule has 0 bridgehead atoms. The molecule has 10 heteroatoms. The molecule has 2 rings (SSSR count). The molecule has 0 aromatic carbocycles. The number of aliphatic imine (C=N–C) groups is 1. The highest BCUT2D eigenvalue weighted by atomic mass is 127. The van der Waals surface area contributed by atoms with Crippen LogP contribution in [0.2, 0.25) is 0 Å². The Labute approximate surface area is 200 Å². The molecule has 0 aliphatic carbocycles. The van der Waals surface area contributed by atoms with E-state index in [4.69, 9.17) is 9.73 Å². The first-order chi connectivity index (χ1) is 13.8. The standard InChI is InChI=1S/C20H41N5O3S.HI/c1-5-21-20(22-16-19(4)17-23-8-6-7-9-23)24-10-12-25(13-11-24)29(26,27)15-14-28-18(2)3;/h18-19H,5-17H2,1-4H3,(H,21,22);1H. The highest BCUT2D eigenvalue weighted by Gasteiger charge is 2.28. The van der Waals surface area contributed by atoms with Crippen molar-refractivity contribution in [2.75, 3.05) is 71.3 Å². The van der Waals surface area contributed by atoms with Crippen molar-refractivity contribution in [2.45, 2.75) is 46.6 Å². The van der Waals surface area contributed by atoms with Crippen LogP contribution < -0.4 is 5.32 Å². The SMILES string of the molecule is CCNC(=NCC(C)CN1CCCC1)N1CCN(S(=O)(=O)CCOC(C)C)CC1.I. The Morgan fingerprint density at radius 2 is 1.70 bits per heavy atom. The predicted molar refractivity (Wildman–Crippen MR) is 134 cm³/mol. The molecular formula is C20H42IN5O3S. The molecule has 2 heterocycles. The third-order valence-electron chi connectivity index (χ3n) is 5.38. The summed E-state index contributed by atoms with van der Waals surface area (Å²) in [7, 11) is -3.26. The molecule has 2 aliphatic heterocycles. The molecule has 0 saturated carbocycles. The van der Waals surface area contributed by atoms with Gasteiger partial charge in [-0.05, 0) is 52.6 Å². The number of ether oxygens (including phenoxy) is 1. The maximum Gasteiger partial charge on any atom is 0.216 e. The summed E-state index contributed by atoms with van der Waals surface area (Å²) in [5.41, 5.74) is 0. The van der Waals surface area contributed by atoms with Crippen LogP contribution in [0.4, 0.5) is 0 Å². The number of halogens is 1.